The lowest BCUT2D eigenvalue weighted by Crippen LogP contribution is -2.11. The number of hydrogen-bond donors (Lipinski definition) is 1. The second-order valence-electron chi connectivity index (χ2n) is 4.85. The molecule has 1 rings (SSSR count). The Kier molecular flexibility index (Phi) is 3.20. The average molecular weight is 192 g/mol. The fourth-order valence-corrected chi connectivity index (χ4v) is 1.66. The van der Waals surface area contributed by atoms with Gasteiger partial charge in [0, 0.05) is 0 Å². The van der Waals surface area contributed by atoms with Crippen molar-refractivity contribution in [1.29, 1.82) is 0 Å². The summed E-state index contributed by atoms with van der Waals surface area (Å²) in [6.45, 7) is 8.49. The summed E-state index contributed by atoms with van der Waals surface area (Å²) < 4.78 is 0. The van der Waals surface area contributed by atoms with E-state index in [1.807, 2.05) is 12.1 Å². The molecule has 0 bridgehead atoms. The summed E-state index contributed by atoms with van der Waals surface area (Å²) in [5.74, 6) is 0.434. The van der Waals surface area contributed by atoms with Gasteiger partial charge in [-0.25, -0.2) is 0 Å². The van der Waals surface area contributed by atoms with Crippen molar-refractivity contribution in [2.24, 2.45) is 0 Å². The number of aromatic hydroxyl groups is 1. The maximum Gasteiger partial charge on any atom is 0.119 e. The maximum absolute atomic E-state index is 9.85. The van der Waals surface area contributed by atoms with E-state index in [9.17, 15) is 5.11 Å². The molecule has 14 heavy (non-hydrogen) atoms. The lowest BCUT2D eigenvalue weighted by atomic mass is 9.85. The van der Waals surface area contributed by atoms with Gasteiger partial charge in [-0.05, 0) is 29.0 Å². The topological polar surface area (TPSA) is 20.2 Å². The SMILES string of the molecule is CCCc1ccc(C(C)(C)C)c(O)c1. The molecular formula is C13H20O. The summed E-state index contributed by atoms with van der Waals surface area (Å²) in [5, 5.41) is 9.85. The molecule has 0 radical (unpaired) electrons. The summed E-state index contributed by atoms with van der Waals surface area (Å²) in [6.07, 6.45) is 2.16. The molecule has 0 atom stereocenters. The van der Waals surface area contributed by atoms with Crippen LogP contribution in [0.4, 0.5) is 0 Å². The van der Waals surface area contributed by atoms with Gasteiger partial charge < -0.3 is 5.11 Å². The van der Waals surface area contributed by atoms with E-state index in [1.54, 1.807) is 0 Å². The lowest BCUT2D eigenvalue weighted by Gasteiger charge is -2.20. The first kappa shape index (κ1) is 11.1. The Bertz CT molecular complexity index is 308. The van der Waals surface area contributed by atoms with Gasteiger partial charge in [-0.3, -0.25) is 0 Å². The number of phenolic OH excluding ortho intramolecular Hbond substituents is 1. The monoisotopic (exact) mass is 192 g/mol. The van der Waals surface area contributed by atoms with Crippen molar-refractivity contribution in [3.63, 3.8) is 0 Å². The van der Waals surface area contributed by atoms with Crippen LogP contribution in [0.3, 0.4) is 0 Å². The van der Waals surface area contributed by atoms with Gasteiger partial charge in [0.25, 0.3) is 0 Å². The lowest BCUT2D eigenvalue weighted by molar-refractivity contribution is 0.446. The highest BCUT2D eigenvalue weighted by Gasteiger charge is 2.17. The molecule has 1 nitrogen and oxygen atoms in total. The summed E-state index contributed by atoms with van der Waals surface area (Å²) in [6, 6.07) is 6.05. The van der Waals surface area contributed by atoms with Gasteiger partial charge in [0.15, 0.2) is 0 Å². The van der Waals surface area contributed by atoms with Crippen LogP contribution in [0, 0.1) is 0 Å². The van der Waals surface area contributed by atoms with Crippen LogP contribution < -0.4 is 0 Å². The third-order valence-corrected chi connectivity index (χ3v) is 2.41. The van der Waals surface area contributed by atoms with E-state index in [-0.39, 0.29) is 5.41 Å². The molecule has 1 aromatic rings. The van der Waals surface area contributed by atoms with E-state index >= 15 is 0 Å². The van der Waals surface area contributed by atoms with Crippen molar-refractivity contribution in [3.8, 4) is 5.75 Å². The number of rotatable bonds is 2. The molecule has 0 unspecified atom stereocenters. The highest BCUT2D eigenvalue weighted by molar-refractivity contribution is 5.40. The highest BCUT2D eigenvalue weighted by Crippen LogP contribution is 2.31. The van der Waals surface area contributed by atoms with Crippen LogP contribution in [-0.2, 0) is 11.8 Å². The first-order valence-corrected chi connectivity index (χ1v) is 5.27. The van der Waals surface area contributed by atoms with Crippen LogP contribution in [0.5, 0.6) is 5.75 Å². The van der Waals surface area contributed by atoms with E-state index in [0.717, 1.165) is 18.4 Å². The second-order valence-corrected chi connectivity index (χ2v) is 4.85. The van der Waals surface area contributed by atoms with Gasteiger partial charge in [-0.1, -0.05) is 46.2 Å². The molecule has 1 aromatic carbocycles. The van der Waals surface area contributed by atoms with Crippen LogP contribution in [0.15, 0.2) is 18.2 Å². The van der Waals surface area contributed by atoms with Gasteiger partial charge in [0.2, 0.25) is 0 Å². The highest BCUT2D eigenvalue weighted by atomic mass is 16.3. The summed E-state index contributed by atoms with van der Waals surface area (Å²) >= 11 is 0. The van der Waals surface area contributed by atoms with E-state index < -0.39 is 0 Å². The fraction of sp³-hybridized carbons (Fsp3) is 0.538. The number of aryl methyl sites for hydroxylation is 1. The second kappa shape index (κ2) is 4.04. The Morgan fingerprint density at radius 2 is 1.86 bits per heavy atom. The molecule has 0 fully saturated rings. The zero-order valence-electron chi connectivity index (χ0n) is 9.59. The predicted molar refractivity (Wildman–Crippen MR) is 60.8 cm³/mol. The minimum Gasteiger partial charge on any atom is -0.508 e. The predicted octanol–water partition coefficient (Wildman–Crippen LogP) is 3.64. The fourth-order valence-electron chi connectivity index (χ4n) is 1.66. The van der Waals surface area contributed by atoms with Crippen LogP contribution in [0.25, 0.3) is 0 Å². The van der Waals surface area contributed by atoms with E-state index in [2.05, 4.69) is 33.8 Å². The molecule has 0 amide bonds. The molecule has 0 aliphatic carbocycles. The molecule has 78 valence electrons. The molecular weight excluding hydrogens is 172 g/mol. The molecule has 0 aliphatic heterocycles. The van der Waals surface area contributed by atoms with Gasteiger partial charge in [-0.15, -0.1) is 0 Å². The summed E-state index contributed by atoms with van der Waals surface area (Å²) in [4.78, 5) is 0. The summed E-state index contributed by atoms with van der Waals surface area (Å²) in [5.41, 5.74) is 2.27. The molecule has 0 aliphatic rings. The molecule has 1 heteroatoms. The van der Waals surface area contributed by atoms with Crippen LogP contribution in [-0.4, -0.2) is 5.11 Å². The third-order valence-electron chi connectivity index (χ3n) is 2.41. The Balaban J connectivity index is 3.02. The first-order valence-electron chi connectivity index (χ1n) is 5.27. The van der Waals surface area contributed by atoms with Crippen molar-refractivity contribution in [2.75, 3.05) is 0 Å². The Hall–Kier alpha value is -0.980. The third kappa shape index (κ3) is 2.50. The first-order chi connectivity index (χ1) is 6.45. The van der Waals surface area contributed by atoms with Crippen molar-refractivity contribution >= 4 is 0 Å². The van der Waals surface area contributed by atoms with E-state index in [1.165, 1.54) is 5.56 Å². The van der Waals surface area contributed by atoms with Crippen molar-refractivity contribution in [2.45, 2.75) is 46.0 Å². The maximum atomic E-state index is 9.85. The largest absolute Gasteiger partial charge is 0.508 e. The van der Waals surface area contributed by atoms with E-state index in [0.29, 0.717) is 5.75 Å². The Morgan fingerprint density at radius 1 is 1.21 bits per heavy atom. The molecule has 0 spiro atoms. The van der Waals surface area contributed by atoms with Crippen LogP contribution in [0.1, 0.15) is 45.2 Å². The molecule has 0 aromatic heterocycles. The van der Waals surface area contributed by atoms with Crippen molar-refractivity contribution < 1.29 is 5.11 Å². The molecule has 0 saturated carbocycles. The van der Waals surface area contributed by atoms with Crippen LogP contribution >= 0.6 is 0 Å². The Morgan fingerprint density at radius 3 is 2.29 bits per heavy atom. The average Bonchev–Trinajstić information content (AvgIpc) is 2.02. The zero-order chi connectivity index (χ0) is 10.8. The summed E-state index contributed by atoms with van der Waals surface area (Å²) in [7, 11) is 0. The standard InChI is InChI=1S/C13H20O/c1-5-6-10-7-8-11(12(14)9-10)13(2,3)4/h7-9,14H,5-6H2,1-4H3. The van der Waals surface area contributed by atoms with Crippen LogP contribution in [0.2, 0.25) is 0 Å². The van der Waals surface area contributed by atoms with Gasteiger partial charge >= 0.3 is 0 Å². The molecule has 0 heterocycles. The van der Waals surface area contributed by atoms with Crippen molar-refractivity contribution in [1.82, 2.24) is 0 Å². The number of phenols is 1. The zero-order valence-corrected chi connectivity index (χ0v) is 9.59. The minimum absolute atomic E-state index is 0.0226. The minimum atomic E-state index is 0.0226. The van der Waals surface area contributed by atoms with E-state index in [4.69, 9.17) is 0 Å². The number of hydrogen-bond acceptors (Lipinski definition) is 1. The van der Waals surface area contributed by atoms with Gasteiger partial charge in [0.1, 0.15) is 5.75 Å². The number of benzene rings is 1. The van der Waals surface area contributed by atoms with Gasteiger partial charge in [0.05, 0.1) is 0 Å². The smallest absolute Gasteiger partial charge is 0.119 e. The normalized spacial score (nSPS) is 11.7. The quantitative estimate of drug-likeness (QED) is 0.758. The Labute approximate surface area is 86.8 Å². The van der Waals surface area contributed by atoms with Gasteiger partial charge in [-0.2, -0.15) is 0 Å². The van der Waals surface area contributed by atoms with Crippen molar-refractivity contribution in [3.05, 3.63) is 29.3 Å². The molecule has 1 N–H and O–H groups in total. The molecule has 0 saturated heterocycles.